The summed E-state index contributed by atoms with van der Waals surface area (Å²) in [6.45, 7) is 4.20. The molecule has 1 unspecified atom stereocenters. The zero-order valence-corrected chi connectivity index (χ0v) is 10.6. The van der Waals surface area contributed by atoms with Crippen LogP contribution in [-0.4, -0.2) is 36.7 Å². The van der Waals surface area contributed by atoms with Crippen LogP contribution in [0.4, 0.5) is 0 Å². The van der Waals surface area contributed by atoms with Crippen LogP contribution in [0, 0.1) is 0 Å². The Morgan fingerprint density at radius 1 is 1.69 bits per heavy atom. The molecule has 2 N–H and O–H groups in total. The molecule has 6 heteroatoms. The van der Waals surface area contributed by atoms with Crippen molar-refractivity contribution >= 4 is 22.9 Å². The lowest BCUT2D eigenvalue weighted by Gasteiger charge is -2.21. The quantitative estimate of drug-likeness (QED) is 0.711. The third-order valence-electron chi connectivity index (χ3n) is 1.96. The largest absolute Gasteiger partial charge is 0.462 e. The van der Waals surface area contributed by atoms with E-state index in [2.05, 4.69) is 15.6 Å². The average Bonchev–Trinajstić information content (AvgIpc) is 2.29. The van der Waals surface area contributed by atoms with Crippen molar-refractivity contribution in [1.29, 1.82) is 0 Å². The van der Waals surface area contributed by atoms with Crippen molar-refractivity contribution in [2.45, 2.75) is 20.0 Å². The van der Waals surface area contributed by atoms with E-state index in [1.165, 1.54) is 0 Å². The fourth-order valence-corrected chi connectivity index (χ4v) is 1.86. The average molecular weight is 243 g/mol. The number of amidine groups is 1. The van der Waals surface area contributed by atoms with Crippen LogP contribution < -0.4 is 10.6 Å². The van der Waals surface area contributed by atoms with E-state index in [0.717, 1.165) is 10.9 Å². The van der Waals surface area contributed by atoms with Crippen molar-refractivity contribution in [1.82, 2.24) is 10.6 Å². The lowest BCUT2D eigenvalue weighted by molar-refractivity contribution is -0.138. The Kier molecular flexibility index (Phi) is 5.34. The maximum absolute atomic E-state index is 11.6. The molecule has 1 aliphatic heterocycles. The van der Waals surface area contributed by atoms with Crippen LogP contribution >= 0.6 is 11.8 Å². The number of esters is 1. The number of carbonyl (C=O) groups excluding carboxylic acids is 1. The predicted octanol–water partition coefficient (Wildman–Crippen LogP) is 0.691. The highest BCUT2D eigenvalue weighted by Crippen LogP contribution is 2.13. The van der Waals surface area contributed by atoms with E-state index >= 15 is 0 Å². The number of likely N-dealkylation sites (N-methyl/N-ethyl adjacent to an activating group) is 1. The standard InChI is InChI=1S/C10H17N3O2S/c1-4-15-9(14)7-6-12-10(16-5-2)13-8(7)11-3/h6,8,11H,4-5H2,1-3H3,(H,12,13). The first kappa shape index (κ1) is 13.1. The summed E-state index contributed by atoms with van der Waals surface area (Å²) in [6.07, 6.45) is 1.33. The highest BCUT2D eigenvalue weighted by Gasteiger charge is 2.23. The van der Waals surface area contributed by atoms with E-state index in [0.29, 0.717) is 12.2 Å². The van der Waals surface area contributed by atoms with Gasteiger partial charge in [-0.15, -0.1) is 0 Å². The Hall–Kier alpha value is -1.01. The molecule has 0 fully saturated rings. The molecule has 90 valence electrons. The molecule has 0 amide bonds. The smallest absolute Gasteiger partial charge is 0.339 e. The number of hydrogen-bond donors (Lipinski definition) is 2. The second-order valence-corrected chi connectivity index (χ2v) is 4.28. The normalized spacial score (nSPS) is 19.6. The highest BCUT2D eigenvalue weighted by atomic mass is 32.2. The van der Waals surface area contributed by atoms with E-state index in [1.54, 1.807) is 31.9 Å². The maximum atomic E-state index is 11.6. The van der Waals surface area contributed by atoms with E-state index in [4.69, 9.17) is 4.74 Å². The van der Waals surface area contributed by atoms with Crippen LogP contribution in [0.5, 0.6) is 0 Å². The summed E-state index contributed by atoms with van der Waals surface area (Å²) in [5.41, 5.74) is 0.504. The number of hydrogen-bond acceptors (Lipinski definition) is 6. The molecule has 0 spiro atoms. The molecule has 1 aliphatic rings. The van der Waals surface area contributed by atoms with E-state index in [1.807, 2.05) is 6.92 Å². The summed E-state index contributed by atoms with van der Waals surface area (Å²) in [6, 6.07) is 0. The number of thioether (sulfide) groups is 1. The van der Waals surface area contributed by atoms with Gasteiger partial charge in [-0.05, 0) is 19.7 Å². The third-order valence-corrected chi connectivity index (χ3v) is 2.74. The van der Waals surface area contributed by atoms with E-state index in [9.17, 15) is 4.79 Å². The van der Waals surface area contributed by atoms with Crippen LogP contribution in [-0.2, 0) is 9.53 Å². The molecule has 0 bridgehead atoms. The Labute approximate surface area is 99.7 Å². The molecule has 0 radical (unpaired) electrons. The fourth-order valence-electron chi connectivity index (χ4n) is 1.26. The molecule has 0 aromatic carbocycles. The van der Waals surface area contributed by atoms with Gasteiger partial charge in [-0.3, -0.25) is 5.32 Å². The van der Waals surface area contributed by atoms with Crippen molar-refractivity contribution in [3.63, 3.8) is 0 Å². The summed E-state index contributed by atoms with van der Waals surface area (Å²) in [4.78, 5) is 15.9. The number of carbonyl (C=O) groups is 1. The second-order valence-electron chi connectivity index (χ2n) is 3.02. The molecule has 0 saturated carbocycles. The zero-order chi connectivity index (χ0) is 12.0. The number of rotatable bonds is 4. The maximum Gasteiger partial charge on any atom is 0.339 e. The molecule has 0 aliphatic carbocycles. The first-order chi connectivity index (χ1) is 7.72. The van der Waals surface area contributed by atoms with Crippen molar-refractivity contribution in [2.24, 2.45) is 4.99 Å². The zero-order valence-electron chi connectivity index (χ0n) is 9.74. The van der Waals surface area contributed by atoms with Gasteiger partial charge in [-0.1, -0.05) is 18.7 Å². The molecule has 1 atom stereocenters. The van der Waals surface area contributed by atoms with Gasteiger partial charge < -0.3 is 10.1 Å². The first-order valence-electron chi connectivity index (χ1n) is 5.24. The highest BCUT2D eigenvalue weighted by molar-refractivity contribution is 8.13. The molecular weight excluding hydrogens is 226 g/mol. The lowest BCUT2D eigenvalue weighted by Crippen LogP contribution is -2.37. The van der Waals surface area contributed by atoms with Crippen molar-refractivity contribution in [2.75, 3.05) is 19.4 Å². The van der Waals surface area contributed by atoms with Crippen molar-refractivity contribution in [3.8, 4) is 0 Å². The molecule has 5 nitrogen and oxygen atoms in total. The van der Waals surface area contributed by atoms with Gasteiger partial charge in [0.05, 0.1) is 12.2 Å². The van der Waals surface area contributed by atoms with Crippen LogP contribution in [0.25, 0.3) is 0 Å². The SMILES string of the molecule is CCOC(=O)C1=CNC(SCC)=NC1NC. The van der Waals surface area contributed by atoms with E-state index < -0.39 is 0 Å². The molecule has 1 rings (SSSR count). The predicted molar refractivity (Wildman–Crippen MR) is 66.3 cm³/mol. The summed E-state index contributed by atoms with van der Waals surface area (Å²) in [7, 11) is 1.76. The summed E-state index contributed by atoms with van der Waals surface area (Å²) >= 11 is 1.60. The van der Waals surface area contributed by atoms with Gasteiger partial charge >= 0.3 is 5.97 Å². The van der Waals surface area contributed by atoms with Crippen LogP contribution in [0.2, 0.25) is 0 Å². The Balaban J connectivity index is 2.71. The van der Waals surface area contributed by atoms with Crippen LogP contribution in [0.3, 0.4) is 0 Å². The van der Waals surface area contributed by atoms with Gasteiger partial charge in [0.15, 0.2) is 5.17 Å². The number of nitrogens with one attached hydrogen (secondary N) is 2. The minimum atomic E-state index is -0.335. The Bertz CT molecular complexity index is 315. The van der Waals surface area contributed by atoms with Gasteiger partial charge in [-0.25, -0.2) is 9.79 Å². The summed E-state index contributed by atoms with van der Waals surface area (Å²) < 4.78 is 4.95. The van der Waals surface area contributed by atoms with Gasteiger partial charge in [0, 0.05) is 6.20 Å². The first-order valence-corrected chi connectivity index (χ1v) is 6.23. The molecule has 0 saturated heterocycles. The number of aliphatic imine (C=N–C) groups is 1. The van der Waals surface area contributed by atoms with E-state index in [-0.39, 0.29) is 12.1 Å². The number of nitrogens with zero attached hydrogens (tertiary/aromatic N) is 1. The van der Waals surface area contributed by atoms with Gasteiger partial charge in [0.2, 0.25) is 0 Å². The minimum Gasteiger partial charge on any atom is -0.462 e. The van der Waals surface area contributed by atoms with Crippen LogP contribution in [0.15, 0.2) is 16.8 Å². The van der Waals surface area contributed by atoms with Crippen molar-refractivity contribution < 1.29 is 9.53 Å². The molecule has 0 aromatic rings. The monoisotopic (exact) mass is 243 g/mol. The number of ether oxygens (including phenoxy) is 1. The minimum absolute atomic E-state index is 0.325. The topological polar surface area (TPSA) is 62.7 Å². The Morgan fingerprint density at radius 2 is 2.44 bits per heavy atom. The third kappa shape index (κ3) is 3.24. The van der Waals surface area contributed by atoms with Gasteiger partial charge in [0.1, 0.15) is 6.17 Å². The fraction of sp³-hybridized carbons (Fsp3) is 0.600. The molecule has 0 aromatic heterocycles. The van der Waals surface area contributed by atoms with Crippen LogP contribution in [0.1, 0.15) is 13.8 Å². The van der Waals surface area contributed by atoms with Gasteiger partial charge in [0.25, 0.3) is 0 Å². The van der Waals surface area contributed by atoms with Crippen molar-refractivity contribution in [3.05, 3.63) is 11.8 Å². The van der Waals surface area contributed by atoms with Gasteiger partial charge in [-0.2, -0.15) is 0 Å². The summed E-state index contributed by atoms with van der Waals surface area (Å²) in [5.74, 6) is 0.601. The molecule has 1 heterocycles. The molecule has 16 heavy (non-hydrogen) atoms. The lowest BCUT2D eigenvalue weighted by atomic mass is 10.2. The Morgan fingerprint density at radius 3 is 3.00 bits per heavy atom. The second kappa shape index (κ2) is 6.55. The molecular formula is C10H17N3O2S. The summed E-state index contributed by atoms with van der Waals surface area (Å²) in [5, 5.41) is 6.77.